The molecule has 0 unspecified atom stereocenters. The molecule has 1 aromatic carbocycles. The number of nitrogens with zero attached hydrogens (tertiary/aromatic N) is 1. The van der Waals surface area contributed by atoms with Crippen LogP contribution in [-0.4, -0.2) is 11.0 Å². The molecular formula is C15H17F2N3OS. The van der Waals surface area contributed by atoms with Crippen LogP contribution in [0.15, 0.2) is 23.6 Å². The Morgan fingerprint density at radius 2 is 2.00 bits per heavy atom. The lowest BCUT2D eigenvalue weighted by atomic mass is 10.2. The molecule has 118 valence electrons. The lowest BCUT2D eigenvalue weighted by molar-refractivity contribution is 0.237. The third-order valence-corrected chi connectivity index (χ3v) is 4.05. The van der Waals surface area contributed by atoms with Gasteiger partial charge in [-0.15, -0.1) is 11.3 Å². The first-order valence-electron chi connectivity index (χ1n) is 6.91. The minimum Gasteiger partial charge on any atom is -0.334 e. The zero-order chi connectivity index (χ0) is 16.1. The highest BCUT2D eigenvalue weighted by atomic mass is 32.1. The minimum atomic E-state index is -0.667. The number of carbonyl (C=O) groups is 1. The normalized spacial score (nSPS) is 12.0. The maximum absolute atomic E-state index is 13.0. The molecule has 0 aliphatic carbocycles. The molecule has 1 atom stereocenters. The lowest BCUT2D eigenvalue weighted by Gasteiger charge is -2.13. The maximum Gasteiger partial charge on any atom is 0.315 e. The van der Waals surface area contributed by atoms with Gasteiger partial charge in [-0.05, 0) is 31.0 Å². The Balaban J connectivity index is 1.87. The molecule has 0 saturated heterocycles. The number of aryl methyl sites for hydroxylation is 1. The van der Waals surface area contributed by atoms with Gasteiger partial charge in [-0.1, -0.05) is 6.92 Å². The van der Waals surface area contributed by atoms with Gasteiger partial charge in [-0.3, -0.25) is 0 Å². The largest absolute Gasteiger partial charge is 0.334 e. The quantitative estimate of drug-likeness (QED) is 0.883. The predicted molar refractivity (Wildman–Crippen MR) is 81.6 cm³/mol. The summed E-state index contributed by atoms with van der Waals surface area (Å²) in [5, 5.41) is 8.23. The van der Waals surface area contributed by atoms with E-state index < -0.39 is 17.7 Å². The van der Waals surface area contributed by atoms with E-state index >= 15 is 0 Å². The van der Waals surface area contributed by atoms with Crippen LogP contribution in [0.3, 0.4) is 0 Å². The van der Waals surface area contributed by atoms with Crippen LogP contribution < -0.4 is 10.6 Å². The maximum atomic E-state index is 13.0. The van der Waals surface area contributed by atoms with Gasteiger partial charge in [0.05, 0.1) is 16.7 Å². The summed E-state index contributed by atoms with van der Waals surface area (Å²) in [6, 6.07) is 2.50. The first-order chi connectivity index (χ1) is 10.5. The molecule has 0 spiro atoms. The fourth-order valence-corrected chi connectivity index (χ4v) is 2.74. The Kier molecular flexibility index (Phi) is 5.43. The third-order valence-electron chi connectivity index (χ3n) is 3.04. The Morgan fingerprint density at radius 1 is 1.32 bits per heavy atom. The smallest absolute Gasteiger partial charge is 0.315 e. The Hall–Kier alpha value is -2.02. The lowest BCUT2D eigenvalue weighted by Crippen LogP contribution is -2.36. The van der Waals surface area contributed by atoms with Crippen LogP contribution in [0.25, 0.3) is 0 Å². The van der Waals surface area contributed by atoms with Crippen molar-refractivity contribution in [3.8, 4) is 0 Å². The minimum absolute atomic E-state index is 0.0461. The van der Waals surface area contributed by atoms with Crippen LogP contribution in [-0.2, 0) is 13.0 Å². The Bertz CT molecular complexity index is 640. The van der Waals surface area contributed by atoms with Crippen LogP contribution in [0.5, 0.6) is 0 Å². The highest BCUT2D eigenvalue weighted by molar-refractivity contribution is 7.09. The number of nitrogens with one attached hydrogen (secondary N) is 2. The summed E-state index contributed by atoms with van der Waals surface area (Å²) >= 11 is 1.55. The van der Waals surface area contributed by atoms with Gasteiger partial charge in [0.25, 0.3) is 0 Å². The average molecular weight is 325 g/mol. The number of aromatic nitrogens is 1. The van der Waals surface area contributed by atoms with Gasteiger partial charge in [-0.2, -0.15) is 0 Å². The summed E-state index contributed by atoms with van der Waals surface area (Å²) in [4.78, 5) is 16.2. The summed E-state index contributed by atoms with van der Waals surface area (Å²) in [6.07, 6.45) is 0.856. The molecule has 1 heterocycles. The van der Waals surface area contributed by atoms with E-state index in [1.54, 1.807) is 11.3 Å². The zero-order valence-electron chi connectivity index (χ0n) is 12.3. The number of hydrogen-bond acceptors (Lipinski definition) is 3. The second-order valence-electron chi connectivity index (χ2n) is 4.85. The van der Waals surface area contributed by atoms with Gasteiger partial charge in [0.2, 0.25) is 0 Å². The molecule has 0 bridgehead atoms. The van der Waals surface area contributed by atoms with Crippen molar-refractivity contribution >= 4 is 17.4 Å². The topological polar surface area (TPSA) is 54.0 Å². The molecule has 2 aromatic rings. The zero-order valence-corrected chi connectivity index (χ0v) is 13.1. The fraction of sp³-hybridized carbons (Fsp3) is 0.333. The monoisotopic (exact) mass is 325 g/mol. The van der Waals surface area contributed by atoms with Crippen molar-refractivity contribution in [3.63, 3.8) is 0 Å². The van der Waals surface area contributed by atoms with Gasteiger partial charge in [-0.25, -0.2) is 18.6 Å². The van der Waals surface area contributed by atoms with Crippen LogP contribution in [0, 0.1) is 11.6 Å². The van der Waals surface area contributed by atoms with Crippen LogP contribution in [0.4, 0.5) is 13.6 Å². The molecule has 1 aromatic heterocycles. The first kappa shape index (κ1) is 16.4. The summed E-state index contributed by atoms with van der Waals surface area (Å²) in [7, 11) is 0. The van der Waals surface area contributed by atoms with Gasteiger partial charge in [0.1, 0.15) is 11.6 Å². The number of hydrogen-bond donors (Lipinski definition) is 2. The van der Waals surface area contributed by atoms with Crippen molar-refractivity contribution in [1.29, 1.82) is 0 Å². The van der Waals surface area contributed by atoms with Crippen molar-refractivity contribution in [2.75, 3.05) is 0 Å². The predicted octanol–water partition coefficient (Wildman–Crippen LogP) is 3.54. The van der Waals surface area contributed by atoms with E-state index in [-0.39, 0.29) is 12.6 Å². The van der Waals surface area contributed by atoms with Crippen molar-refractivity contribution in [2.45, 2.75) is 32.9 Å². The molecule has 4 nitrogen and oxygen atoms in total. The van der Waals surface area contributed by atoms with Crippen molar-refractivity contribution < 1.29 is 13.6 Å². The van der Waals surface area contributed by atoms with E-state index in [0.29, 0.717) is 5.56 Å². The summed E-state index contributed by atoms with van der Waals surface area (Å²) in [6.45, 7) is 3.89. The summed E-state index contributed by atoms with van der Waals surface area (Å²) in [5.74, 6) is -1.33. The van der Waals surface area contributed by atoms with Gasteiger partial charge >= 0.3 is 6.03 Å². The second-order valence-corrected chi connectivity index (χ2v) is 5.79. The molecule has 2 N–H and O–H groups in total. The van der Waals surface area contributed by atoms with E-state index in [1.807, 2.05) is 19.2 Å². The van der Waals surface area contributed by atoms with Gasteiger partial charge in [0.15, 0.2) is 0 Å². The molecule has 7 heteroatoms. The van der Waals surface area contributed by atoms with E-state index in [0.717, 1.165) is 23.2 Å². The molecule has 2 rings (SSSR count). The number of thiazole rings is 1. The number of halogens is 2. The standard InChI is InChI=1S/C15H17F2N3OS/c1-3-14-20-13(8-22-14)9(2)19-15(21)18-7-10-4-11(16)6-12(17)5-10/h4-6,8-9H,3,7H2,1-2H3,(H2,18,19,21)/t9-/m0/s1. The number of urea groups is 1. The molecule has 0 fully saturated rings. The van der Waals surface area contributed by atoms with Crippen LogP contribution in [0.2, 0.25) is 0 Å². The van der Waals surface area contributed by atoms with E-state index in [2.05, 4.69) is 15.6 Å². The number of amides is 2. The molecule has 22 heavy (non-hydrogen) atoms. The molecular weight excluding hydrogens is 308 g/mol. The first-order valence-corrected chi connectivity index (χ1v) is 7.79. The highest BCUT2D eigenvalue weighted by Crippen LogP contribution is 2.16. The van der Waals surface area contributed by atoms with Crippen LogP contribution >= 0.6 is 11.3 Å². The number of rotatable bonds is 5. The molecule has 0 radical (unpaired) electrons. The van der Waals surface area contributed by atoms with E-state index in [4.69, 9.17) is 0 Å². The Labute approximate surface area is 131 Å². The van der Waals surface area contributed by atoms with Gasteiger partial charge < -0.3 is 10.6 Å². The summed E-state index contributed by atoms with van der Waals surface area (Å²) < 4.78 is 26.1. The average Bonchev–Trinajstić information content (AvgIpc) is 2.93. The fourth-order valence-electron chi connectivity index (χ4n) is 1.90. The summed E-state index contributed by atoms with van der Waals surface area (Å²) in [5.41, 5.74) is 1.16. The van der Waals surface area contributed by atoms with E-state index in [9.17, 15) is 13.6 Å². The molecule has 0 aliphatic rings. The number of carbonyl (C=O) groups excluding carboxylic acids is 1. The van der Waals surface area contributed by atoms with Crippen molar-refractivity contribution in [3.05, 3.63) is 51.5 Å². The molecule has 2 amide bonds. The SMILES string of the molecule is CCc1nc([C@H](C)NC(=O)NCc2cc(F)cc(F)c2)cs1. The second kappa shape index (κ2) is 7.31. The molecule has 0 aliphatic heterocycles. The van der Waals surface area contributed by atoms with E-state index in [1.165, 1.54) is 12.1 Å². The third kappa shape index (κ3) is 4.49. The van der Waals surface area contributed by atoms with Crippen LogP contribution in [0.1, 0.15) is 36.2 Å². The van der Waals surface area contributed by atoms with Crippen molar-refractivity contribution in [1.82, 2.24) is 15.6 Å². The Morgan fingerprint density at radius 3 is 2.59 bits per heavy atom. The van der Waals surface area contributed by atoms with Crippen molar-refractivity contribution in [2.24, 2.45) is 0 Å². The highest BCUT2D eigenvalue weighted by Gasteiger charge is 2.12. The van der Waals surface area contributed by atoms with Gasteiger partial charge in [0, 0.05) is 18.0 Å². The molecule has 0 saturated carbocycles. The number of benzene rings is 1.